The maximum atomic E-state index is 11.4. The quantitative estimate of drug-likeness (QED) is 0.854. The lowest BCUT2D eigenvalue weighted by Gasteiger charge is -2.31. The van der Waals surface area contributed by atoms with Crippen LogP contribution in [-0.4, -0.2) is 43.5 Å². The smallest absolute Gasteiger partial charge is 0.233 e. The van der Waals surface area contributed by atoms with E-state index in [-0.39, 0.29) is 5.91 Å². The van der Waals surface area contributed by atoms with Crippen LogP contribution < -0.4 is 10.6 Å². The van der Waals surface area contributed by atoms with Crippen molar-refractivity contribution in [3.63, 3.8) is 0 Å². The molecule has 1 fully saturated rings. The standard InChI is InChI=1S/C19H25N3O2/c1-20-19(23)14-22-11-9-16(10-12-22)21-13-17-7-8-18(24-17)15-5-3-2-4-6-15/h2-8,16,21H,9-14H2,1H3,(H,20,23). The van der Waals surface area contributed by atoms with E-state index in [0.29, 0.717) is 12.6 Å². The van der Waals surface area contributed by atoms with E-state index < -0.39 is 0 Å². The average Bonchev–Trinajstić information content (AvgIpc) is 3.11. The second-order valence-corrected chi connectivity index (χ2v) is 6.24. The van der Waals surface area contributed by atoms with Gasteiger partial charge in [-0.3, -0.25) is 9.69 Å². The third-order valence-electron chi connectivity index (χ3n) is 4.52. The van der Waals surface area contributed by atoms with Crippen LogP contribution in [0.1, 0.15) is 18.6 Å². The molecule has 0 saturated carbocycles. The predicted octanol–water partition coefficient (Wildman–Crippen LogP) is 2.25. The molecule has 1 amide bonds. The topological polar surface area (TPSA) is 57.5 Å². The second kappa shape index (κ2) is 8.13. The summed E-state index contributed by atoms with van der Waals surface area (Å²) >= 11 is 0. The number of rotatable bonds is 6. The van der Waals surface area contributed by atoms with Gasteiger partial charge in [-0.2, -0.15) is 0 Å². The summed E-state index contributed by atoms with van der Waals surface area (Å²) in [4.78, 5) is 13.6. The van der Waals surface area contributed by atoms with Crippen molar-refractivity contribution in [1.82, 2.24) is 15.5 Å². The van der Waals surface area contributed by atoms with Crippen molar-refractivity contribution in [3.8, 4) is 11.3 Å². The predicted molar refractivity (Wildman–Crippen MR) is 94.5 cm³/mol. The molecule has 0 spiro atoms. The van der Waals surface area contributed by atoms with E-state index in [0.717, 1.165) is 49.6 Å². The third kappa shape index (κ3) is 4.46. The van der Waals surface area contributed by atoms with E-state index in [1.54, 1.807) is 7.05 Å². The fourth-order valence-electron chi connectivity index (χ4n) is 3.05. The van der Waals surface area contributed by atoms with Gasteiger partial charge in [-0.1, -0.05) is 30.3 Å². The van der Waals surface area contributed by atoms with Crippen molar-refractivity contribution in [3.05, 3.63) is 48.2 Å². The number of likely N-dealkylation sites (tertiary alicyclic amines) is 1. The fourth-order valence-corrected chi connectivity index (χ4v) is 3.05. The Hall–Kier alpha value is -2.11. The van der Waals surface area contributed by atoms with Crippen LogP contribution in [0.25, 0.3) is 11.3 Å². The number of piperidine rings is 1. The summed E-state index contributed by atoms with van der Waals surface area (Å²) in [6, 6.07) is 14.7. The highest BCUT2D eigenvalue weighted by atomic mass is 16.3. The highest BCUT2D eigenvalue weighted by Crippen LogP contribution is 2.22. The molecule has 5 nitrogen and oxygen atoms in total. The monoisotopic (exact) mass is 327 g/mol. The van der Waals surface area contributed by atoms with Gasteiger partial charge < -0.3 is 15.1 Å². The molecule has 0 unspecified atom stereocenters. The first-order valence-electron chi connectivity index (χ1n) is 8.55. The van der Waals surface area contributed by atoms with Crippen LogP contribution in [0.2, 0.25) is 0 Å². The van der Waals surface area contributed by atoms with Crippen molar-refractivity contribution >= 4 is 5.91 Å². The SMILES string of the molecule is CNC(=O)CN1CCC(NCc2ccc(-c3ccccc3)o2)CC1. The molecule has 5 heteroatoms. The second-order valence-electron chi connectivity index (χ2n) is 6.24. The lowest BCUT2D eigenvalue weighted by molar-refractivity contribution is -0.122. The van der Waals surface area contributed by atoms with E-state index in [2.05, 4.69) is 27.7 Å². The Morgan fingerprint density at radius 2 is 1.92 bits per heavy atom. The molecule has 128 valence electrons. The van der Waals surface area contributed by atoms with Crippen LogP contribution in [0.5, 0.6) is 0 Å². The van der Waals surface area contributed by atoms with Crippen molar-refractivity contribution in [2.45, 2.75) is 25.4 Å². The highest BCUT2D eigenvalue weighted by molar-refractivity contribution is 5.77. The lowest BCUT2D eigenvalue weighted by atomic mass is 10.1. The molecule has 2 N–H and O–H groups in total. The van der Waals surface area contributed by atoms with Crippen LogP contribution in [-0.2, 0) is 11.3 Å². The summed E-state index contributed by atoms with van der Waals surface area (Å²) in [6.07, 6.45) is 2.12. The summed E-state index contributed by atoms with van der Waals surface area (Å²) in [5.41, 5.74) is 1.10. The van der Waals surface area contributed by atoms with E-state index in [9.17, 15) is 4.79 Å². The lowest BCUT2D eigenvalue weighted by Crippen LogP contribution is -2.45. The molecule has 2 aromatic rings. The van der Waals surface area contributed by atoms with E-state index in [1.165, 1.54) is 0 Å². The number of carbonyl (C=O) groups is 1. The van der Waals surface area contributed by atoms with Crippen LogP contribution in [0, 0.1) is 0 Å². The Labute approximate surface area is 143 Å². The number of nitrogens with one attached hydrogen (secondary N) is 2. The summed E-state index contributed by atoms with van der Waals surface area (Å²) in [7, 11) is 1.68. The molecular formula is C19H25N3O2. The molecule has 1 saturated heterocycles. The average molecular weight is 327 g/mol. The molecule has 1 aliphatic heterocycles. The minimum Gasteiger partial charge on any atom is -0.460 e. The molecule has 3 rings (SSSR count). The van der Waals surface area contributed by atoms with Crippen LogP contribution >= 0.6 is 0 Å². The number of carbonyl (C=O) groups excluding carboxylic acids is 1. The normalized spacial score (nSPS) is 16.2. The Balaban J connectivity index is 1.44. The molecular weight excluding hydrogens is 302 g/mol. The van der Waals surface area contributed by atoms with Crippen LogP contribution in [0.3, 0.4) is 0 Å². The van der Waals surface area contributed by atoms with Gasteiger partial charge >= 0.3 is 0 Å². The largest absolute Gasteiger partial charge is 0.460 e. The first-order valence-corrected chi connectivity index (χ1v) is 8.55. The van der Waals surface area contributed by atoms with E-state index in [1.807, 2.05) is 30.3 Å². The fraction of sp³-hybridized carbons (Fsp3) is 0.421. The maximum Gasteiger partial charge on any atom is 0.233 e. The minimum absolute atomic E-state index is 0.0884. The van der Waals surface area contributed by atoms with Crippen LogP contribution in [0.15, 0.2) is 46.9 Å². The van der Waals surface area contributed by atoms with Gasteiger partial charge in [-0.15, -0.1) is 0 Å². The number of hydrogen-bond acceptors (Lipinski definition) is 4. The molecule has 0 bridgehead atoms. The maximum absolute atomic E-state index is 11.4. The van der Waals surface area contributed by atoms with Gasteiger partial charge in [0, 0.05) is 31.7 Å². The zero-order valence-corrected chi connectivity index (χ0v) is 14.1. The number of likely N-dealkylation sites (N-methyl/N-ethyl adjacent to an activating group) is 1. The van der Waals surface area contributed by atoms with E-state index >= 15 is 0 Å². The van der Waals surface area contributed by atoms with Gasteiger partial charge in [-0.25, -0.2) is 0 Å². The Kier molecular flexibility index (Phi) is 5.67. The summed E-state index contributed by atoms with van der Waals surface area (Å²) < 4.78 is 5.92. The first kappa shape index (κ1) is 16.7. The zero-order chi connectivity index (χ0) is 16.8. The van der Waals surface area contributed by atoms with Crippen molar-refractivity contribution in [2.75, 3.05) is 26.7 Å². The summed E-state index contributed by atoms with van der Waals surface area (Å²) in [5, 5.41) is 6.25. The van der Waals surface area contributed by atoms with Gasteiger partial charge in [0.05, 0.1) is 13.1 Å². The van der Waals surface area contributed by atoms with E-state index in [4.69, 9.17) is 4.42 Å². The third-order valence-corrected chi connectivity index (χ3v) is 4.52. The minimum atomic E-state index is 0.0884. The Bertz CT molecular complexity index is 646. The first-order chi connectivity index (χ1) is 11.7. The van der Waals surface area contributed by atoms with Gasteiger partial charge in [0.2, 0.25) is 5.91 Å². The van der Waals surface area contributed by atoms with Gasteiger partial charge in [0.15, 0.2) is 0 Å². The Morgan fingerprint density at radius 1 is 1.17 bits per heavy atom. The molecule has 2 heterocycles. The number of benzene rings is 1. The molecule has 1 aromatic carbocycles. The molecule has 1 aromatic heterocycles. The van der Waals surface area contributed by atoms with Crippen LogP contribution in [0.4, 0.5) is 0 Å². The molecule has 1 aliphatic rings. The molecule has 0 radical (unpaired) electrons. The van der Waals surface area contributed by atoms with Gasteiger partial charge in [-0.05, 0) is 25.0 Å². The van der Waals surface area contributed by atoms with Gasteiger partial charge in [0.1, 0.15) is 11.5 Å². The molecule has 24 heavy (non-hydrogen) atoms. The number of nitrogens with zero attached hydrogens (tertiary/aromatic N) is 1. The van der Waals surface area contributed by atoms with Gasteiger partial charge in [0.25, 0.3) is 0 Å². The molecule has 0 aliphatic carbocycles. The number of furan rings is 1. The zero-order valence-electron chi connectivity index (χ0n) is 14.1. The summed E-state index contributed by atoms with van der Waals surface area (Å²) in [6.45, 7) is 3.16. The molecule has 0 atom stereocenters. The van der Waals surface area contributed by atoms with Crippen molar-refractivity contribution < 1.29 is 9.21 Å². The summed E-state index contributed by atoms with van der Waals surface area (Å²) in [5.74, 6) is 1.96. The highest BCUT2D eigenvalue weighted by Gasteiger charge is 2.20. The number of hydrogen-bond donors (Lipinski definition) is 2. The number of amides is 1. The van der Waals surface area contributed by atoms with Crippen molar-refractivity contribution in [1.29, 1.82) is 0 Å². The van der Waals surface area contributed by atoms with Crippen molar-refractivity contribution in [2.24, 2.45) is 0 Å². The Morgan fingerprint density at radius 3 is 2.62 bits per heavy atom.